The lowest BCUT2D eigenvalue weighted by atomic mass is 10.1. The molecule has 1 rings (SSSR count). The third-order valence-corrected chi connectivity index (χ3v) is 2.26. The molecule has 0 fully saturated rings. The maximum atomic E-state index is 11.6. The SMILES string of the molecule is CCOC(=O)c1c(CCC(=O)O)c[nH]c1C(=O)O. The third-order valence-electron chi connectivity index (χ3n) is 2.26. The zero-order valence-corrected chi connectivity index (χ0v) is 9.73. The van der Waals surface area contributed by atoms with E-state index < -0.39 is 17.9 Å². The number of nitrogens with one attached hydrogen (secondary N) is 1. The Morgan fingerprint density at radius 2 is 2.00 bits per heavy atom. The molecule has 0 unspecified atom stereocenters. The third kappa shape index (κ3) is 3.09. The average Bonchev–Trinajstić information content (AvgIpc) is 2.70. The quantitative estimate of drug-likeness (QED) is 0.650. The minimum Gasteiger partial charge on any atom is -0.481 e. The molecule has 0 amide bonds. The molecule has 98 valence electrons. The Bertz CT molecular complexity index is 476. The van der Waals surface area contributed by atoms with E-state index in [1.54, 1.807) is 6.92 Å². The number of aromatic amines is 1. The molecule has 3 N–H and O–H groups in total. The normalized spacial score (nSPS) is 10.1. The van der Waals surface area contributed by atoms with Crippen molar-refractivity contribution in [1.82, 2.24) is 4.98 Å². The Balaban J connectivity index is 3.06. The van der Waals surface area contributed by atoms with E-state index in [4.69, 9.17) is 14.9 Å². The van der Waals surface area contributed by atoms with Crippen LogP contribution in [0.25, 0.3) is 0 Å². The molecule has 1 aromatic heterocycles. The van der Waals surface area contributed by atoms with Gasteiger partial charge in [-0.3, -0.25) is 4.79 Å². The molecule has 0 saturated carbocycles. The van der Waals surface area contributed by atoms with Gasteiger partial charge >= 0.3 is 17.9 Å². The van der Waals surface area contributed by atoms with Crippen LogP contribution in [0.2, 0.25) is 0 Å². The van der Waals surface area contributed by atoms with E-state index in [1.165, 1.54) is 6.20 Å². The molecular formula is C11H13NO6. The number of aromatic carboxylic acids is 1. The first-order valence-corrected chi connectivity index (χ1v) is 5.29. The summed E-state index contributed by atoms with van der Waals surface area (Å²) in [4.78, 5) is 35.5. The highest BCUT2D eigenvalue weighted by Crippen LogP contribution is 2.17. The fourth-order valence-corrected chi connectivity index (χ4v) is 1.51. The molecule has 7 nitrogen and oxygen atoms in total. The maximum absolute atomic E-state index is 11.6. The number of aromatic nitrogens is 1. The van der Waals surface area contributed by atoms with E-state index in [9.17, 15) is 14.4 Å². The predicted octanol–water partition coefficient (Wildman–Crippen LogP) is 0.907. The molecule has 0 aromatic carbocycles. The van der Waals surface area contributed by atoms with Gasteiger partial charge in [0.05, 0.1) is 12.2 Å². The van der Waals surface area contributed by atoms with Crippen molar-refractivity contribution in [2.24, 2.45) is 0 Å². The summed E-state index contributed by atoms with van der Waals surface area (Å²) in [5, 5.41) is 17.5. The Morgan fingerprint density at radius 3 is 2.50 bits per heavy atom. The van der Waals surface area contributed by atoms with Crippen LogP contribution in [0.5, 0.6) is 0 Å². The highest BCUT2D eigenvalue weighted by Gasteiger charge is 2.24. The first-order valence-electron chi connectivity index (χ1n) is 5.29. The standard InChI is InChI=1S/C11H13NO6/c1-2-18-11(17)8-6(3-4-7(13)14)5-12-9(8)10(15)16/h5,12H,2-4H2,1H3,(H,13,14)(H,15,16). The highest BCUT2D eigenvalue weighted by molar-refractivity contribution is 6.02. The van der Waals surface area contributed by atoms with Crippen molar-refractivity contribution in [3.63, 3.8) is 0 Å². The number of aliphatic carboxylic acids is 1. The van der Waals surface area contributed by atoms with Crippen molar-refractivity contribution in [2.75, 3.05) is 6.61 Å². The van der Waals surface area contributed by atoms with Crippen LogP contribution in [0.4, 0.5) is 0 Å². The fraction of sp³-hybridized carbons (Fsp3) is 0.364. The minimum absolute atomic E-state index is 0.0628. The number of ether oxygens (including phenoxy) is 1. The molecule has 0 aliphatic rings. The van der Waals surface area contributed by atoms with E-state index in [-0.39, 0.29) is 30.7 Å². The number of rotatable bonds is 6. The molecule has 0 radical (unpaired) electrons. The number of carboxylic acid groups (broad SMARTS) is 2. The van der Waals surface area contributed by atoms with Gasteiger partial charge in [-0.15, -0.1) is 0 Å². The van der Waals surface area contributed by atoms with Crippen LogP contribution in [0.3, 0.4) is 0 Å². The van der Waals surface area contributed by atoms with E-state index >= 15 is 0 Å². The molecule has 1 heterocycles. The summed E-state index contributed by atoms with van der Waals surface area (Å²) in [6.45, 7) is 1.71. The number of esters is 1. The first-order chi connectivity index (χ1) is 8.47. The van der Waals surface area contributed by atoms with Crippen LogP contribution in [0.15, 0.2) is 6.20 Å². The molecule has 0 aliphatic carbocycles. The van der Waals surface area contributed by atoms with Crippen molar-refractivity contribution in [2.45, 2.75) is 19.8 Å². The van der Waals surface area contributed by atoms with Crippen molar-refractivity contribution in [3.05, 3.63) is 23.0 Å². The average molecular weight is 255 g/mol. The number of carbonyl (C=O) groups is 3. The van der Waals surface area contributed by atoms with Crippen LogP contribution in [-0.2, 0) is 16.0 Å². The minimum atomic E-state index is -1.29. The molecule has 0 saturated heterocycles. The lowest BCUT2D eigenvalue weighted by Crippen LogP contribution is -2.12. The van der Waals surface area contributed by atoms with Crippen LogP contribution in [0.1, 0.15) is 39.8 Å². The highest BCUT2D eigenvalue weighted by atomic mass is 16.5. The maximum Gasteiger partial charge on any atom is 0.353 e. The largest absolute Gasteiger partial charge is 0.481 e. The summed E-state index contributed by atoms with van der Waals surface area (Å²) >= 11 is 0. The summed E-state index contributed by atoms with van der Waals surface area (Å²) < 4.78 is 4.75. The molecule has 1 aromatic rings. The van der Waals surface area contributed by atoms with E-state index in [1.807, 2.05) is 0 Å². The van der Waals surface area contributed by atoms with Crippen LogP contribution in [0, 0.1) is 0 Å². The Labute approximate surface area is 102 Å². The number of carboxylic acids is 2. The Morgan fingerprint density at radius 1 is 1.33 bits per heavy atom. The molecule has 0 spiro atoms. The van der Waals surface area contributed by atoms with Crippen molar-refractivity contribution in [3.8, 4) is 0 Å². The van der Waals surface area contributed by atoms with Gasteiger partial charge < -0.3 is 19.9 Å². The molecule has 0 bridgehead atoms. The monoisotopic (exact) mass is 255 g/mol. The second kappa shape index (κ2) is 5.85. The molecule has 18 heavy (non-hydrogen) atoms. The van der Waals surface area contributed by atoms with Gasteiger partial charge in [-0.1, -0.05) is 0 Å². The van der Waals surface area contributed by atoms with Gasteiger partial charge in [-0.2, -0.15) is 0 Å². The molecule has 0 atom stereocenters. The summed E-state index contributed by atoms with van der Waals surface area (Å²) in [5.41, 5.74) is -0.0623. The van der Waals surface area contributed by atoms with Gasteiger partial charge in [0.25, 0.3) is 0 Å². The van der Waals surface area contributed by atoms with E-state index in [0.717, 1.165) is 0 Å². The van der Waals surface area contributed by atoms with Gasteiger partial charge in [0.15, 0.2) is 0 Å². The van der Waals surface area contributed by atoms with Gasteiger partial charge in [0.2, 0.25) is 0 Å². The lowest BCUT2D eigenvalue weighted by Gasteiger charge is -2.04. The van der Waals surface area contributed by atoms with Crippen molar-refractivity contribution >= 4 is 17.9 Å². The van der Waals surface area contributed by atoms with E-state index in [0.29, 0.717) is 5.56 Å². The number of hydrogen-bond donors (Lipinski definition) is 3. The zero-order chi connectivity index (χ0) is 13.7. The Kier molecular flexibility index (Phi) is 4.47. The van der Waals surface area contributed by atoms with Crippen LogP contribution < -0.4 is 0 Å². The Hall–Kier alpha value is -2.31. The van der Waals surface area contributed by atoms with Gasteiger partial charge in [-0.25, -0.2) is 9.59 Å². The predicted molar refractivity (Wildman–Crippen MR) is 59.7 cm³/mol. The summed E-state index contributed by atoms with van der Waals surface area (Å²) in [6.07, 6.45) is 1.19. The second-order valence-electron chi connectivity index (χ2n) is 3.48. The lowest BCUT2D eigenvalue weighted by molar-refractivity contribution is -0.136. The zero-order valence-electron chi connectivity index (χ0n) is 9.73. The van der Waals surface area contributed by atoms with Crippen molar-refractivity contribution < 1.29 is 29.3 Å². The van der Waals surface area contributed by atoms with Crippen LogP contribution in [-0.4, -0.2) is 39.7 Å². The van der Waals surface area contributed by atoms with Crippen molar-refractivity contribution in [1.29, 1.82) is 0 Å². The number of aryl methyl sites for hydroxylation is 1. The topological polar surface area (TPSA) is 117 Å². The smallest absolute Gasteiger partial charge is 0.353 e. The molecular weight excluding hydrogens is 242 g/mol. The second-order valence-corrected chi connectivity index (χ2v) is 3.48. The first kappa shape index (κ1) is 13.8. The number of H-pyrrole nitrogens is 1. The number of hydrogen-bond acceptors (Lipinski definition) is 4. The van der Waals surface area contributed by atoms with Gasteiger partial charge in [-0.05, 0) is 18.9 Å². The molecule has 0 aliphatic heterocycles. The van der Waals surface area contributed by atoms with Gasteiger partial charge in [0, 0.05) is 12.6 Å². The summed E-state index contributed by atoms with van der Waals surface area (Å²) in [5.74, 6) is -3.08. The molecule has 7 heteroatoms. The fourth-order valence-electron chi connectivity index (χ4n) is 1.51. The van der Waals surface area contributed by atoms with E-state index in [2.05, 4.69) is 4.98 Å². The van der Waals surface area contributed by atoms with Gasteiger partial charge in [0.1, 0.15) is 5.69 Å². The number of carbonyl (C=O) groups excluding carboxylic acids is 1. The summed E-state index contributed by atoms with van der Waals surface area (Å²) in [6, 6.07) is 0. The van der Waals surface area contributed by atoms with Crippen LogP contribution >= 0.6 is 0 Å². The summed E-state index contributed by atoms with van der Waals surface area (Å²) in [7, 11) is 0.